The van der Waals surface area contributed by atoms with E-state index in [0.717, 1.165) is 35.2 Å². The molecule has 1 N–H and O–H groups in total. The van der Waals surface area contributed by atoms with E-state index in [1.807, 2.05) is 0 Å². The average molecular weight is 474 g/mol. The highest BCUT2D eigenvalue weighted by Crippen LogP contribution is 2.37. The molecular weight excluding hydrogens is 458 g/mol. The minimum atomic E-state index is -4.67. The highest BCUT2D eigenvalue weighted by molar-refractivity contribution is 6.11. The van der Waals surface area contributed by atoms with E-state index < -0.39 is 60.3 Å². The van der Waals surface area contributed by atoms with Gasteiger partial charge in [-0.25, -0.2) is 0 Å². The van der Waals surface area contributed by atoms with Gasteiger partial charge >= 0.3 is 18.3 Å². The zero-order valence-corrected chi connectivity index (χ0v) is 16.9. The summed E-state index contributed by atoms with van der Waals surface area (Å²) in [5.41, 5.74) is -2.23. The first-order valence-electron chi connectivity index (χ1n) is 9.44. The molecule has 0 aromatic heterocycles. The molecule has 12 heteroatoms. The van der Waals surface area contributed by atoms with E-state index in [2.05, 4.69) is 5.32 Å². The summed E-state index contributed by atoms with van der Waals surface area (Å²) in [7, 11) is 0. The van der Waals surface area contributed by atoms with Gasteiger partial charge < -0.3 is 10.1 Å². The number of alkyl halides is 6. The number of fused-ring (bicyclic) bond motifs is 1. The number of halogens is 6. The van der Waals surface area contributed by atoms with Crippen molar-refractivity contribution in [3.8, 4) is 0 Å². The molecule has 0 spiro atoms. The van der Waals surface area contributed by atoms with Crippen LogP contribution in [0.2, 0.25) is 0 Å². The molecule has 0 saturated carbocycles. The number of anilines is 2. The first-order valence-corrected chi connectivity index (χ1v) is 9.44. The van der Waals surface area contributed by atoms with Crippen LogP contribution >= 0.6 is 0 Å². The second-order valence-corrected chi connectivity index (χ2v) is 7.21. The number of rotatable bonds is 4. The van der Waals surface area contributed by atoms with Gasteiger partial charge in [0.1, 0.15) is 6.54 Å². The number of amides is 2. The van der Waals surface area contributed by atoms with Crippen molar-refractivity contribution >= 4 is 29.2 Å². The van der Waals surface area contributed by atoms with Crippen LogP contribution in [-0.2, 0) is 37.9 Å². The third kappa shape index (κ3) is 5.62. The standard InChI is InChI=1S/C21H16F6N2O4/c1-11(33-18(31)8-12-3-2-4-13(7-12)20(22,23)24)19(32)29-10-17(30)28-15-9-14(21(25,26)27)5-6-16(15)29/h2-7,9,11H,8,10H2,1H3,(H,28,30). The maximum Gasteiger partial charge on any atom is 0.416 e. The molecule has 0 radical (unpaired) electrons. The maximum atomic E-state index is 12.9. The fourth-order valence-electron chi connectivity index (χ4n) is 3.20. The van der Waals surface area contributed by atoms with Crippen molar-refractivity contribution in [2.24, 2.45) is 0 Å². The van der Waals surface area contributed by atoms with Crippen LogP contribution in [0.1, 0.15) is 23.6 Å². The van der Waals surface area contributed by atoms with E-state index in [4.69, 9.17) is 4.74 Å². The number of carbonyl (C=O) groups is 3. The highest BCUT2D eigenvalue weighted by atomic mass is 19.4. The molecule has 1 atom stereocenters. The summed E-state index contributed by atoms with van der Waals surface area (Å²) in [5, 5.41) is 2.25. The van der Waals surface area contributed by atoms with Gasteiger partial charge in [0, 0.05) is 0 Å². The van der Waals surface area contributed by atoms with Crippen LogP contribution < -0.4 is 10.2 Å². The molecule has 1 unspecified atom stereocenters. The molecule has 0 saturated heterocycles. The lowest BCUT2D eigenvalue weighted by Crippen LogP contribution is -2.47. The Hall–Kier alpha value is -3.57. The van der Waals surface area contributed by atoms with E-state index in [0.29, 0.717) is 6.07 Å². The first kappa shape index (κ1) is 24.1. The summed E-state index contributed by atoms with van der Waals surface area (Å²) in [6.07, 6.45) is -11.3. The lowest BCUT2D eigenvalue weighted by Gasteiger charge is -2.31. The van der Waals surface area contributed by atoms with Gasteiger partial charge in [-0.15, -0.1) is 0 Å². The van der Waals surface area contributed by atoms with E-state index >= 15 is 0 Å². The molecule has 0 fully saturated rings. The van der Waals surface area contributed by atoms with Gasteiger partial charge in [-0.2, -0.15) is 26.3 Å². The minimum Gasteiger partial charge on any atom is -0.452 e. The van der Waals surface area contributed by atoms with Gasteiger partial charge in [0.05, 0.1) is 28.9 Å². The van der Waals surface area contributed by atoms with Crippen molar-refractivity contribution in [1.29, 1.82) is 0 Å². The quantitative estimate of drug-likeness (QED) is 0.533. The fraction of sp³-hybridized carbons (Fsp3) is 0.286. The Kier molecular flexibility index (Phi) is 6.39. The minimum absolute atomic E-state index is 0.0110. The van der Waals surface area contributed by atoms with Gasteiger partial charge in [0.25, 0.3) is 5.91 Å². The second kappa shape index (κ2) is 8.75. The predicted octanol–water partition coefficient (Wildman–Crippen LogP) is 4.18. The number of esters is 1. The molecular formula is C21H16F6N2O4. The maximum absolute atomic E-state index is 12.9. The van der Waals surface area contributed by atoms with Crippen molar-refractivity contribution in [2.45, 2.75) is 31.8 Å². The molecule has 0 aliphatic carbocycles. The molecule has 3 rings (SSSR count). The Morgan fingerprint density at radius 3 is 2.30 bits per heavy atom. The fourth-order valence-corrected chi connectivity index (χ4v) is 3.20. The molecule has 2 aromatic carbocycles. The van der Waals surface area contributed by atoms with Crippen molar-refractivity contribution in [1.82, 2.24) is 0 Å². The Balaban J connectivity index is 1.73. The van der Waals surface area contributed by atoms with Crippen molar-refractivity contribution < 1.29 is 45.5 Å². The van der Waals surface area contributed by atoms with Crippen LogP contribution in [-0.4, -0.2) is 30.4 Å². The Morgan fingerprint density at radius 1 is 1.03 bits per heavy atom. The number of nitrogens with one attached hydrogen (secondary N) is 1. The zero-order valence-electron chi connectivity index (χ0n) is 16.9. The average Bonchev–Trinajstić information content (AvgIpc) is 2.70. The Morgan fingerprint density at radius 2 is 1.67 bits per heavy atom. The number of carbonyl (C=O) groups excluding carboxylic acids is 3. The second-order valence-electron chi connectivity index (χ2n) is 7.21. The predicted molar refractivity (Wildman–Crippen MR) is 103 cm³/mol. The van der Waals surface area contributed by atoms with E-state index in [-0.39, 0.29) is 16.9 Å². The third-order valence-corrected chi connectivity index (χ3v) is 4.72. The van der Waals surface area contributed by atoms with Crippen LogP contribution in [0.3, 0.4) is 0 Å². The monoisotopic (exact) mass is 474 g/mol. The number of ether oxygens (including phenoxy) is 1. The summed E-state index contributed by atoms with van der Waals surface area (Å²) in [6.45, 7) is 0.662. The number of hydrogen-bond donors (Lipinski definition) is 1. The summed E-state index contributed by atoms with van der Waals surface area (Å²) < 4.78 is 82.2. The normalized spacial score (nSPS) is 14.9. The molecule has 176 valence electrons. The van der Waals surface area contributed by atoms with Gasteiger partial charge in [-0.3, -0.25) is 19.3 Å². The lowest BCUT2D eigenvalue weighted by molar-refractivity contribution is -0.153. The van der Waals surface area contributed by atoms with E-state index in [1.165, 1.54) is 13.0 Å². The summed E-state index contributed by atoms with van der Waals surface area (Å²) in [4.78, 5) is 37.7. The molecule has 1 aliphatic rings. The topological polar surface area (TPSA) is 75.7 Å². The van der Waals surface area contributed by atoms with Crippen LogP contribution in [0.4, 0.5) is 37.7 Å². The summed E-state index contributed by atoms with van der Waals surface area (Å²) in [6, 6.07) is 6.44. The largest absolute Gasteiger partial charge is 0.452 e. The molecule has 0 bridgehead atoms. The summed E-state index contributed by atoms with van der Waals surface area (Å²) in [5.74, 6) is -2.63. The molecule has 6 nitrogen and oxygen atoms in total. The first-order chi connectivity index (χ1) is 15.3. The molecule has 1 aliphatic heterocycles. The SMILES string of the molecule is CC(OC(=O)Cc1cccc(C(F)(F)F)c1)C(=O)N1CC(=O)Nc2cc(C(F)(F)F)ccc21. The highest BCUT2D eigenvalue weighted by Gasteiger charge is 2.36. The summed E-state index contributed by atoms with van der Waals surface area (Å²) >= 11 is 0. The van der Waals surface area contributed by atoms with Crippen LogP contribution in [0.25, 0.3) is 0 Å². The number of hydrogen-bond acceptors (Lipinski definition) is 4. The molecule has 2 aromatic rings. The van der Waals surface area contributed by atoms with E-state index in [9.17, 15) is 40.7 Å². The zero-order chi connectivity index (χ0) is 24.6. The Labute approximate surface area is 183 Å². The van der Waals surface area contributed by atoms with Crippen molar-refractivity contribution in [2.75, 3.05) is 16.8 Å². The van der Waals surface area contributed by atoms with Crippen LogP contribution in [0.5, 0.6) is 0 Å². The molecule has 33 heavy (non-hydrogen) atoms. The lowest BCUT2D eigenvalue weighted by atomic mass is 10.1. The van der Waals surface area contributed by atoms with Gasteiger partial charge in [0.15, 0.2) is 6.10 Å². The number of benzene rings is 2. The van der Waals surface area contributed by atoms with Crippen molar-refractivity contribution in [3.63, 3.8) is 0 Å². The molecule has 2 amide bonds. The van der Waals surface area contributed by atoms with Gasteiger partial charge in [0.2, 0.25) is 5.91 Å². The van der Waals surface area contributed by atoms with Crippen LogP contribution in [0.15, 0.2) is 42.5 Å². The van der Waals surface area contributed by atoms with Gasteiger partial charge in [-0.1, -0.05) is 18.2 Å². The van der Waals surface area contributed by atoms with Crippen molar-refractivity contribution in [3.05, 3.63) is 59.2 Å². The van der Waals surface area contributed by atoms with Crippen LogP contribution in [0, 0.1) is 0 Å². The third-order valence-electron chi connectivity index (χ3n) is 4.72. The Bertz CT molecular complexity index is 1100. The smallest absolute Gasteiger partial charge is 0.416 e. The van der Waals surface area contributed by atoms with Gasteiger partial charge in [-0.05, 0) is 36.8 Å². The van der Waals surface area contributed by atoms with E-state index in [1.54, 1.807) is 0 Å². The molecule has 1 heterocycles. The number of nitrogens with zero attached hydrogens (tertiary/aromatic N) is 1.